The van der Waals surface area contributed by atoms with Gasteiger partial charge in [0, 0.05) is 17.9 Å². The van der Waals surface area contributed by atoms with E-state index in [4.69, 9.17) is 27.9 Å². The van der Waals surface area contributed by atoms with Gasteiger partial charge in [-0.1, -0.05) is 48.4 Å². The fourth-order valence-corrected chi connectivity index (χ4v) is 3.26. The van der Waals surface area contributed by atoms with Gasteiger partial charge < -0.3 is 4.74 Å². The second kappa shape index (κ2) is 7.96. The molecule has 5 nitrogen and oxygen atoms in total. The van der Waals surface area contributed by atoms with Gasteiger partial charge in [-0.05, 0) is 25.1 Å². The lowest BCUT2D eigenvalue weighted by Gasteiger charge is -2.07. The van der Waals surface area contributed by atoms with E-state index in [1.807, 2.05) is 0 Å². The number of carbonyl (C=O) groups is 2. The van der Waals surface area contributed by atoms with Crippen LogP contribution < -0.4 is 9.54 Å². The van der Waals surface area contributed by atoms with E-state index in [0.717, 1.165) is 0 Å². The van der Waals surface area contributed by atoms with E-state index in [1.54, 1.807) is 39.0 Å². The Balaban J connectivity index is 2.65. The molecule has 0 N–H and O–H groups in total. The minimum Gasteiger partial charge on any atom is -0.408 e. The SMILES string of the molecule is CCC(=O)Oc1c(C)sc(=Nc2ccc(Cl)cc2Cl)n1C(=O)CC. The number of ether oxygens (including phenoxy) is 1. The zero-order chi connectivity index (χ0) is 17.9. The summed E-state index contributed by atoms with van der Waals surface area (Å²) in [5.41, 5.74) is 0.480. The molecule has 2 aromatic rings. The molecule has 1 aromatic heterocycles. The van der Waals surface area contributed by atoms with E-state index >= 15 is 0 Å². The molecule has 1 heterocycles. The van der Waals surface area contributed by atoms with Gasteiger partial charge in [-0.15, -0.1) is 0 Å². The molecule has 0 saturated heterocycles. The Kier molecular flexibility index (Phi) is 6.21. The monoisotopic (exact) mass is 386 g/mol. The number of carbonyl (C=O) groups excluding carboxylic acids is 2. The Hall–Kier alpha value is -1.63. The number of esters is 1. The number of benzene rings is 1. The van der Waals surface area contributed by atoms with E-state index in [2.05, 4.69) is 4.99 Å². The van der Waals surface area contributed by atoms with Crippen molar-refractivity contribution in [2.75, 3.05) is 0 Å². The second-order valence-electron chi connectivity index (χ2n) is 4.86. The van der Waals surface area contributed by atoms with Gasteiger partial charge in [0.15, 0.2) is 4.80 Å². The summed E-state index contributed by atoms with van der Waals surface area (Å²) in [7, 11) is 0. The third kappa shape index (κ3) is 4.06. The van der Waals surface area contributed by atoms with Crippen LogP contribution in [0.1, 0.15) is 36.4 Å². The summed E-state index contributed by atoms with van der Waals surface area (Å²) in [4.78, 5) is 29.5. The maximum absolute atomic E-state index is 12.3. The molecular formula is C16H16Cl2N2O3S. The van der Waals surface area contributed by atoms with Gasteiger partial charge in [0.1, 0.15) is 0 Å². The Morgan fingerprint density at radius 2 is 1.96 bits per heavy atom. The largest absolute Gasteiger partial charge is 0.408 e. The van der Waals surface area contributed by atoms with Crippen molar-refractivity contribution in [2.45, 2.75) is 33.6 Å². The molecule has 24 heavy (non-hydrogen) atoms. The number of hydrogen-bond acceptors (Lipinski definition) is 5. The normalized spacial score (nSPS) is 11.6. The van der Waals surface area contributed by atoms with E-state index in [-0.39, 0.29) is 24.6 Å². The van der Waals surface area contributed by atoms with Gasteiger partial charge in [-0.2, -0.15) is 0 Å². The molecule has 128 valence electrons. The minimum atomic E-state index is -0.412. The molecule has 0 aliphatic rings. The van der Waals surface area contributed by atoms with Crippen LogP contribution in [0.25, 0.3) is 0 Å². The van der Waals surface area contributed by atoms with Gasteiger partial charge in [0.25, 0.3) is 0 Å². The van der Waals surface area contributed by atoms with Crippen molar-refractivity contribution in [1.82, 2.24) is 4.57 Å². The van der Waals surface area contributed by atoms with Crippen LogP contribution in [0.15, 0.2) is 23.2 Å². The summed E-state index contributed by atoms with van der Waals surface area (Å²) in [6.45, 7) is 5.19. The van der Waals surface area contributed by atoms with Gasteiger partial charge >= 0.3 is 5.97 Å². The number of thiazole rings is 1. The predicted molar refractivity (Wildman–Crippen MR) is 95.6 cm³/mol. The highest BCUT2D eigenvalue weighted by atomic mass is 35.5. The van der Waals surface area contributed by atoms with Crippen LogP contribution >= 0.6 is 34.5 Å². The molecule has 0 unspecified atom stereocenters. The number of aryl methyl sites for hydroxylation is 1. The van der Waals surface area contributed by atoms with Crippen LogP contribution in [-0.2, 0) is 4.79 Å². The number of halogens is 2. The van der Waals surface area contributed by atoms with Gasteiger partial charge in [0.05, 0.1) is 15.6 Å². The van der Waals surface area contributed by atoms with E-state index in [0.29, 0.717) is 25.4 Å². The summed E-state index contributed by atoms with van der Waals surface area (Å²) < 4.78 is 6.63. The molecule has 0 fully saturated rings. The number of nitrogens with zero attached hydrogens (tertiary/aromatic N) is 2. The average molecular weight is 387 g/mol. The smallest absolute Gasteiger partial charge is 0.312 e. The zero-order valence-corrected chi connectivity index (χ0v) is 15.8. The standard InChI is InChI=1S/C16H16Cl2N2O3S/c1-4-13(21)20-15(23-14(22)5-2)9(3)24-16(20)19-12-7-6-10(17)8-11(12)18/h6-8H,4-5H2,1-3H3. The highest BCUT2D eigenvalue weighted by molar-refractivity contribution is 7.09. The lowest BCUT2D eigenvalue weighted by Crippen LogP contribution is -2.24. The van der Waals surface area contributed by atoms with Crippen LogP contribution in [0.2, 0.25) is 10.0 Å². The number of hydrogen-bond donors (Lipinski definition) is 0. The molecule has 0 spiro atoms. The summed E-state index contributed by atoms with van der Waals surface area (Å²) >= 11 is 13.3. The first-order valence-electron chi connectivity index (χ1n) is 7.33. The molecule has 1 aromatic carbocycles. The fraction of sp³-hybridized carbons (Fsp3) is 0.312. The van der Waals surface area contributed by atoms with Crippen LogP contribution in [0.5, 0.6) is 5.88 Å². The molecule has 2 rings (SSSR count). The number of rotatable bonds is 4. The van der Waals surface area contributed by atoms with Crippen molar-refractivity contribution < 1.29 is 14.3 Å². The molecule has 8 heteroatoms. The quantitative estimate of drug-likeness (QED) is 0.711. The average Bonchev–Trinajstić information content (AvgIpc) is 2.84. The van der Waals surface area contributed by atoms with Crippen LogP contribution in [-0.4, -0.2) is 16.4 Å². The predicted octanol–water partition coefficient (Wildman–Crippen LogP) is 4.76. The first kappa shape index (κ1) is 18.7. The third-order valence-electron chi connectivity index (χ3n) is 3.12. The molecule has 0 saturated carbocycles. The van der Waals surface area contributed by atoms with E-state index in [1.165, 1.54) is 15.9 Å². The summed E-state index contributed by atoms with van der Waals surface area (Å²) in [5, 5.41) is 0.868. The highest BCUT2D eigenvalue weighted by Crippen LogP contribution is 2.28. The van der Waals surface area contributed by atoms with E-state index < -0.39 is 5.97 Å². The topological polar surface area (TPSA) is 60.7 Å². The number of aromatic nitrogens is 1. The molecule has 0 aliphatic heterocycles. The Morgan fingerprint density at radius 3 is 2.54 bits per heavy atom. The fourth-order valence-electron chi connectivity index (χ4n) is 1.89. The lowest BCUT2D eigenvalue weighted by molar-refractivity contribution is -0.134. The molecule has 0 atom stereocenters. The molecular weight excluding hydrogens is 371 g/mol. The molecule has 0 amide bonds. The van der Waals surface area contributed by atoms with Crippen molar-refractivity contribution in [1.29, 1.82) is 0 Å². The lowest BCUT2D eigenvalue weighted by atomic mass is 10.3. The Morgan fingerprint density at radius 1 is 1.25 bits per heavy atom. The Bertz CT molecular complexity index is 855. The van der Waals surface area contributed by atoms with Crippen molar-refractivity contribution in [3.8, 4) is 5.88 Å². The van der Waals surface area contributed by atoms with Crippen molar-refractivity contribution in [3.05, 3.63) is 37.9 Å². The maximum Gasteiger partial charge on any atom is 0.312 e. The first-order valence-corrected chi connectivity index (χ1v) is 8.90. The van der Waals surface area contributed by atoms with Crippen LogP contribution in [0, 0.1) is 6.92 Å². The van der Waals surface area contributed by atoms with E-state index in [9.17, 15) is 9.59 Å². The zero-order valence-electron chi connectivity index (χ0n) is 13.4. The van der Waals surface area contributed by atoms with Crippen LogP contribution in [0.4, 0.5) is 5.69 Å². The third-order valence-corrected chi connectivity index (χ3v) is 4.59. The van der Waals surface area contributed by atoms with Crippen LogP contribution in [0.3, 0.4) is 0 Å². The second-order valence-corrected chi connectivity index (χ2v) is 6.89. The summed E-state index contributed by atoms with van der Waals surface area (Å²) in [6, 6.07) is 4.90. The Labute approximate surface area is 153 Å². The summed E-state index contributed by atoms with van der Waals surface area (Å²) in [6.07, 6.45) is 0.458. The maximum atomic E-state index is 12.3. The van der Waals surface area contributed by atoms with Crippen molar-refractivity contribution >= 4 is 52.1 Å². The van der Waals surface area contributed by atoms with Crippen molar-refractivity contribution in [2.24, 2.45) is 4.99 Å². The first-order chi connectivity index (χ1) is 11.4. The molecule has 0 aliphatic carbocycles. The van der Waals surface area contributed by atoms with Gasteiger partial charge in [-0.3, -0.25) is 9.59 Å². The molecule has 0 radical (unpaired) electrons. The van der Waals surface area contributed by atoms with Crippen molar-refractivity contribution in [3.63, 3.8) is 0 Å². The minimum absolute atomic E-state index is 0.211. The van der Waals surface area contributed by atoms with Gasteiger partial charge in [0.2, 0.25) is 11.8 Å². The molecule has 0 bridgehead atoms. The highest BCUT2D eigenvalue weighted by Gasteiger charge is 2.19. The van der Waals surface area contributed by atoms with Gasteiger partial charge in [-0.25, -0.2) is 9.56 Å². The summed E-state index contributed by atoms with van der Waals surface area (Å²) in [5.74, 6) is -0.422.